The van der Waals surface area contributed by atoms with Crippen molar-refractivity contribution in [1.29, 1.82) is 0 Å². The summed E-state index contributed by atoms with van der Waals surface area (Å²) in [6.45, 7) is 7.51. The third kappa shape index (κ3) is 3.15. The van der Waals surface area contributed by atoms with Crippen molar-refractivity contribution in [1.82, 2.24) is 4.90 Å². The SMILES string of the molecule is CC(C)C#Cc1ccc(CN2CCCC2)o1. The van der Waals surface area contributed by atoms with E-state index in [-0.39, 0.29) is 0 Å². The number of nitrogens with zero attached hydrogens (tertiary/aromatic N) is 1. The van der Waals surface area contributed by atoms with Crippen LogP contribution >= 0.6 is 0 Å². The van der Waals surface area contributed by atoms with E-state index >= 15 is 0 Å². The Bertz CT molecular complexity index is 388. The third-order valence-corrected chi connectivity index (χ3v) is 2.72. The largest absolute Gasteiger partial charge is 0.451 e. The number of furan rings is 1. The zero-order valence-corrected chi connectivity index (χ0v) is 10.1. The van der Waals surface area contributed by atoms with Crippen LogP contribution < -0.4 is 0 Å². The summed E-state index contributed by atoms with van der Waals surface area (Å²) in [5.41, 5.74) is 0. The van der Waals surface area contributed by atoms with E-state index in [1.54, 1.807) is 0 Å². The van der Waals surface area contributed by atoms with Crippen LogP contribution in [0.1, 0.15) is 38.2 Å². The van der Waals surface area contributed by atoms with Crippen molar-refractivity contribution in [2.75, 3.05) is 13.1 Å². The van der Waals surface area contributed by atoms with Crippen molar-refractivity contribution < 1.29 is 4.42 Å². The molecule has 2 nitrogen and oxygen atoms in total. The third-order valence-electron chi connectivity index (χ3n) is 2.72. The molecule has 1 aromatic heterocycles. The molecule has 0 atom stereocenters. The van der Waals surface area contributed by atoms with Gasteiger partial charge in [-0.2, -0.15) is 0 Å². The summed E-state index contributed by atoms with van der Waals surface area (Å²) in [4.78, 5) is 2.43. The van der Waals surface area contributed by atoms with E-state index in [1.807, 2.05) is 12.1 Å². The molecule has 0 amide bonds. The van der Waals surface area contributed by atoms with E-state index in [2.05, 4.69) is 30.6 Å². The summed E-state index contributed by atoms with van der Waals surface area (Å²) in [6.07, 6.45) is 2.64. The molecule has 1 aliphatic rings. The molecule has 1 fully saturated rings. The molecular formula is C14H19NO. The molecule has 0 aromatic carbocycles. The second-order valence-corrected chi connectivity index (χ2v) is 4.67. The van der Waals surface area contributed by atoms with E-state index in [4.69, 9.17) is 4.42 Å². The fourth-order valence-corrected chi connectivity index (χ4v) is 1.91. The van der Waals surface area contributed by atoms with Crippen molar-refractivity contribution in [2.24, 2.45) is 5.92 Å². The second kappa shape index (κ2) is 5.23. The van der Waals surface area contributed by atoms with Crippen molar-refractivity contribution in [2.45, 2.75) is 33.2 Å². The Kier molecular flexibility index (Phi) is 3.69. The van der Waals surface area contributed by atoms with Gasteiger partial charge in [-0.1, -0.05) is 19.8 Å². The van der Waals surface area contributed by atoms with Gasteiger partial charge in [-0.15, -0.1) is 0 Å². The first-order valence-corrected chi connectivity index (χ1v) is 6.06. The molecule has 1 saturated heterocycles. The molecular weight excluding hydrogens is 198 g/mol. The lowest BCUT2D eigenvalue weighted by atomic mass is 10.2. The van der Waals surface area contributed by atoms with Crippen LogP contribution in [0.2, 0.25) is 0 Å². The average molecular weight is 217 g/mol. The summed E-state index contributed by atoms with van der Waals surface area (Å²) >= 11 is 0. The Labute approximate surface area is 97.6 Å². The lowest BCUT2D eigenvalue weighted by Gasteiger charge is -2.11. The Balaban J connectivity index is 1.94. The quantitative estimate of drug-likeness (QED) is 0.708. The maximum atomic E-state index is 5.68. The van der Waals surface area contributed by atoms with Crippen molar-refractivity contribution >= 4 is 0 Å². The number of hydrogen-bond donors (Lipinski definition) is 0. The summed E-state index contributed by atoms with van der Waals surface area (Å²) in [5, 5.41) is 0. The van der Waals surface area contributed by atoms with Gasteiger partial charge in [0.2, 0.25) is 0 Å². The van der Waals surface area contributed by atoms with Crippen LogP contribution in [0.4, 0.5) is 0 Å². The van der Waals surface area contributed by atoms with Crippen LogP contribution in [0.15, 0.2) is 16.5 Å². The molecule has 2 heterocycles. The predicted molar refractivity (Wildman–Crippen MR) is 64.9 cm³/mol. The molecule has 0 N–H and O–H groups in total. The van der Waals surface area contributed by atoms with Gasteiger partial charge >= 0.3 is 0 Å². The highest BCUT2D eigenvalue weighted by molar-refractivity contribution is 5.26. The average Bonchev–Trinajstić information content (AvgIpc) is 2.87. The molecule has 0 saturated carbocycles. The predicted octanol–water partition coefficient (Wildman–Crippen LogP) is 2.88. The second-order valence-electron chi connectivity index (χ2n) is 4.67. The summed E-state index contributed by atoms with van der Waals surface area (Å²) < 4.78 is 5.68. The summed E-state index contributed by atoms with van der Waals surface area (Å²) in [7, 11) is 0. The lowest BCUT2D eigenvalue weighted by Crippen LogP contribution is -2.17. The summed E-state index contributed by atoms with van der Waals surface area (Å²) in [5.74, 6) is 8.39. The van der Waals surface area contributed by atoms with Crippen molar-refractivity contribution in [3.8, 4) is 11.8 Å². The zero-order chi connectivity index (χ0) is 11.4. The molecule has 0 bridgehead atoms. The minimum Gasteiger partial charge on any atom is -0.451 e. The Hall–Kier alpha value is -1.20. The first-order valence-electron chi connectivity index (χ1n) is 6.06. The first-order chi connectivity index (χ1) is 7.74. The van der Waals surface area contributed by atoms with E-state index in [1.165, 1.54) is 25.9 Å². The minimum atomic E-state index is 0.395. The van der Waals surface area contributed by atoms with E-state index in [0.717, 1.165) is 18.1 Å². The number of likely N-dealkylation sites (tertiary alicyclic amines) is 1. The van der Waals surface area contributed by atoms with Gasteiger partial charge in [0.1, 0.15) is 5.76 Å². The fourth-order valence-electron chi connectivity index (χ4n) is 1.91. The molecule has 86 valence electrons. The van der Waals surface area contributed by atoms with Crippen LogP contribution in [0.5, 0.6) is 0 Å². The lowest BCUT2D eigenvalue weighted by molar-refractivity contribution is 0.296. The van der Waals surface area contributed by atoms with Gasteiger partial charge in [-0.3, -0.25) is 4.90 Å². The number of hydrogen-bond acceptors (Lipinski definition) is 2. The maximum Gasteiger partial charge on any atom is 0.177 e. The normalized spacial score (nSPS) is 16.4. The minimum absolute atomic E-state index is 0.395. The van der Waals surface area contributed by atoms with Gasteiger partial charge in [-0.25, -0.2) is 0 Å². The molecule has 1 aliphatic heterocycles. The molecule has 0 unspecified atom stereocenters. The van der Waals surface area contributed by atoms with E-state index in [0.29, 0.717) is 5.92 Å². The van der Waals surface area contributed by atoms with Gasteiger partial charge in [0.25, 0.3) is 0 Å². The van der Waals surface area contributed by atoms with E-state index < -0.39 is 0 Å². The highest BCUT2D eigenvalue weighted by Crippen LogP contribution is 2.14. The Morgan fingerprint density at radius 3 is 2.75 bits per heavy atom. The van der Waals surface area contributed by atoms with Gasteiger partial charge in [0, 0.05) is 5.92 Å². The van der Waals surface area contributed by atoms with Gasteiger partial charge in [-0.05, 0) is 44.0 Å². The number of rotatable bonds is 2. The molecule has 2 rings (SSSR count). The van der Waals surface area contributed by atoms with Gasteiger partial charge in [0.15, 0.2) is 5.76 Å². The van der Waals surface area contributed by atoms with Crippen LogP contribution in [0.3, 0.4) is 0 Å². The fraction of sp³-hybridized carbons (Fsp3) is 0.571. The van der Waals surface area contributed by atoms with Crippen LogP contribution in [-0.2, 0) is 6.54 Å². The Morgan fingerprint density at radius 1 is 1.31 bits per heavy atom. The molecule has 0 spiro atoms. The van der Waals surface area contributed by atoms with Gasteiger partial charge in [0.05, 0.1) is 6.54 Å². The molecule has 0 aliphatic carbocycles. The van der Waals surface area contributed by atoms with Crippen molar-refractivity contribution in [3.05, 3.63) is 23.7 Å². The highest BCUT2D eigenvalue weighted by Gasteiger charge is 2.13. The monoisotopic (exact) mass is 217 g/mol. The highest BCUT2D eigenvalue weighted by atomic mass is 16.3. The molecule has 1 aromatic rings. The van der Waals surface area contributed by atoms with Crippen LogP contribution in [0, 0.1) is 17.8 Å². The molecule has 2 heteroatoms. The maximum absolute atomic E-state index is 5.68. The molecule has 16 heavy (non-hydrogen) atoms. The van der Waals surface area contributed by atoms with Crippen LogP contribution in [0.25, 0.3) is 0 Å². The zero-order valence-electron chi connectivity index (χ0n) is 10.1. The molecule has 0 radical (unpaired) electrons. The topological polar surface area (TPSA) is 16.4 Å². The van der Waals surface area contributed by atoms with E-state index in [9.17, 15) is 0 Å². The van der Waals surface area contributed by atoms with Gasteiger partial charge < -0.3 is 4.42 Å². The summed E-state index contributed by atoms with van der Waals surface area (Å²) in [6, 6.07) is 4.02. The first kappa shape index (κ1) is 11.3. The Morgan fingerprint density at radius 2 is 2.06 bits per heavy atom. The smallest absolute Gasteiger partial charge is 0.177 e. The standard InChI is InChI=1S/C14H19NO/c1-12(2)5-6-13-7-8-14(16-13)11-15-9-3-4-10-15/h7-8,12H,3-4,9-11H2,1-2H3. The van der Waals surface area contributed by atoms with Crippen LogP contribution in [-0.4, -0.2) is 18.0 Å². The van der Waals surface area contributed by atoms with Crippen molar-refractivity contribution in [3.63, 3.8) is 0 Å².